The standard InChI is InChI=1S/C24H24N6O2/c1-24(2,3)19-7-4-5-9-21(19)32-22-20(8-6-14-25-22)29-23(31)28-17-10-12-18(13-11-17)30-15-26-27-16-30/h4-16H,1-3H3,(H2,28,29,31). The van der Waals surface area contributed by atoms with Gasteiger partial charge in [0.15, 0.2) is 0 Å². The number of pyridine rings is 1. The van der Waals surface area contributed by atoms with Gasteiger partial charge in [-0.05, 0) is 47.9 Å². The molecule has 2 aromatic carbocycles. The van der Waals surface area contributed by atoms with Crippen molar-refractivity contribution < 1.29 is 9.53 Å². The van der Waals surface area contributed by atoms with Crippen LogP contribution in [0, 0.1) is 0 Å². The molecule has 0 aliphatic rings. The lowest BCUT2D eigenvalue weighted by Gasteiger charge is -2.22. The average molecular weight is 428 g/mol. The molecule has 0 unspecified atom stereocenters. The van der Waals surface area contributed by atoms with Gasteiger partial charge in [-0.15, -0.1) is 10.2 Å². The molecule has 2 heterocycles. The summed E-state index contributed by atoms with van der Waals surface area (Å²) in [5.41, 5.74) is 2.95. The van der Waals surface area contributed by atoms with Crippen LogP contribution in [-0.4, -0.2) is 25.8 Å². The molecule has 0 fully saturated rings. The molecule has 0 saturated carbocycles. The van der Waals surface area contributed by atoms with Crippen LogP contribution in [0.15, 0.2) is 79.5 Å². The molecule has 0 aliphatic carbocycles. The Morgan fingerprint density at radius 1 is 0.906 bits per heavy atom. The van der Waals surface area contributed by atoms with Gasteiger partial charge in [-0.3, -0.25) is 4.57 Å². The van der Waals surface area contributed by atoms with Gasteiger partial charge in [0.25, 0.3) is 0 Å². The topological polar surface area (TPSA) is 94.0 Å². The molecule has 0 radical (unpaired) electrons. The van der Waals surface area contributed by atoms with E-state index in [4.69, 9.17) is 4.74 Å². The van der Waals surface area contributed by atoms with Gasteiger partial charge in [-0.25, -0.2) is 9.78 Å². The molecular formula is C24H24N6O2. The van der Waals surface area contributed by atoms with Crippen molar-refractivity contribution in [2.75, 3.05) is 10.6 Å². The van der Waals surface area contributed by atoms with E-state index in [1.54, 1.807) is 47.7 Å². The molecule has 4 rings (SSSR count). The molecule has 2 N–H and O–H groups in total. The van der Waals surface area contributed by atoms with Crippen LogP contribution in [0.25, 0.3) is 5.69 Å². The number of nitrogens with zero attached hydrogens (tertiary/aromatic N) is 4. The highest BCUT2D eigenvalue weighted by Crippen LogP contribution is 2.35. The number of para-hydroxylation sites is 1. The zero-order valence-corrected chi connectivity index (χ0v) is 18.1. The number of urea groups is 1. The maximum Gasteiger partial charge on any atom is 0.323 e. The molecule has 8 heteroatoms. The quantitative estimate of drug-likeness (QED) is 0.444. The first-order chi connectivity index (χ1) is 15.4. The Bertz CT molecular complexity index is 1200. The predicted molar refractivity (Wildman–Crippen MR) is 123 cm³/mol. The van der Waals surface area contributed by atoms with Crippen molar-refractivity contribution in [3.05, 3.63) is 85.1 Å². The molecule has 0 saturated heterocycles. The van der Waals surface area contributed by atoms with Gasteiger partial charge in [0.1, 0.15) is 24.1 Å². The first kappa shape index (κ1) is 21.0. The van der Waals surface area contributed by atoms with Crippen LogP contribution in [0.5, 0.6) is 11.6 Å². The summed E-state index contributed by atoms with van der Waals surface area (Å²) in [6, 6.07) is 18.2. The lowest BCUT2D eigenvalue weighted by atomic mass is 9.86. The summed E-state index contributed by atoms with van der Waals surface area (Å²) in [7, 11) is 0. The number of aromatic nitrogens is 4. The van der Waals surface area contributed by atoms with Gasteiger partial charge < -0.3 is 15.4 Å². The van der Waals surface area contributed by atoms with Crippen molar-refractivity contribution in [3.63, 3.8) is 0 Å². The van der Waals surface area contributed by atoms with E-state index in [1.165, 1.54) is 0 Å². The summed E-state index contributed by atoms with van der Waals surface area (Å²) in [6.07, 6.45) is 4.84. The number of nitrogens with one attached hydrogen (secondary N) is 2. The Hall–Kier alpha value is -4.20. The van der Waals surface area contributed by atoms with E-state index < -0.39 is 6.03 Å². The number of benzene rings is 2. The first-order valence-corrected chi connectivity index (χ1v) is 10.2. The van der Waals surface area contributed by atoms with Crippen LogP contribution in [0.3, 0.4) is 0 Å². The van der Waals surface area contributed by atoms with Crippen molar-refractivity contribution in [2.45, 2.75) is 26.2 Å². The Balaban J connectivity index is 1.47. The third-order valence-electron chi connectivity index (χ3n) is 4.76. The Kier molecular flexibility index (Phi) is 5.85. The highest BCUT2D eigenvalue weighted by molar-refractivity contribution is 6.00. The minimum atomic E-state index is -0.399. The van der Waals surface area contributed by atoms with E-state index >= 15 is 0 Å². The molecule has 4 aromatic rings. The van der Waals surface area contributed by atoms with Gasteiger partial charge in [0, 0.05) is 23.1 Å². The van der Waals surface area contributed by atoms with E-state index in [0.717, 1.165) is 11.3 Å². The third-order valence-corrected chi connectivity index (χ3v) is 4.76. The van der Waals surface area contributed by atoms with Crippen LogP contribution in [0.2, 0.25) is 0 Å². The van der Waals surface area contributed by atoms with Crippen molar-refractivity contribution >= 4 is 17.4 Å². The van der Waals surface area contributed by atoms with Crippen molar-refractivity contribution in [1.82, 2.24) is 19.7 Å². The van der Waals surface area contributed by atoms with E-state index in [0.29, 0.717) is 23.0 Å². The van der Waals surface area contributed by atoms with Crippen LogP contribution in [0.4, 0.5) is 16.2 Å². The number of ether oxygens (including phenoxy) is 1. The fourth-order valence-corrected chi connectivity index (χ4v) is 3.18. The summed E-state index contributed by atoms with van der Waals surface area (Å²) >= 11 is 0. The monoisotopic (exact) mass is 428 g/mol. The Labute approximate surface area is 186 Å². The summed E-state index contributed by atoms with van der Waals surface area (Å²) in [4.78, 5) is 16.9. The lowest BCUT2D eigenvalue weighted by molar-refractivity contribution is 0.262. The minimum absolute atomic E-state index is 0.102. The first-order valence-electron chi connectivity index (χ1n) is 10.2. The van der Waals surface area contributed by atoms with Crippen LogP contribution in [0.1, 0.15) is 26.3 Å². The molecule has 162 valence electrons. The second-order valence-corrected chi connectivity index (χ2v) is 8.20. The van der Waals surface area contributed by atoms with Gasteiger partial charge in [0.2, 0.25) is 5.88 Å². The zero-order valence-electron chi connectivity index (χ0n) is 18.1. The normalized spacial score (nSPS) is 11.1. The highest BCUT2D eigenvalue weighted by Gasteiger charge is 2.20. The largest absolute Gasteiger partial charge is 0.437 e. The fraction of sp³-hybridized carbons (Fsp3) is 0.167. The number of carbonyl (C=O) groups excluding carboxylic acids is 1. The molecule has 2 amide bonds. The molecule has 0 aliphatic heterocycles. The van der Waals surface area contributed by atoms with Crippen molar-refractivity contribution in [1.29, 1.82) is 0 Å². The van der Waals surface area contributed by atoms with Crippen LogP contribution >= 0.6 is 0 Å². The van der Waals surface area contributed by atoms with E-state index in [9.17, 15) is 4.79 Å². The SMILES string of the molecule is CC(C)(C)c1ccccc1Oc1ncccc1NC(=O)Nc1ccc(-n2cnnc2)cc1. The summed E-state index contributed by atoms with van der Waals surface area (Å²) in [5, 5.41) is 13.2. The number of hydrogen-bond donors (Lipinski definition) is 2. The predicted octanol–water partition coefficient (Wildman–Crippen LogP) is 5.40. The van der Waals surface area contributed by atoms with Crippen LogP contribution in [-0.2, 0) is 5.41 Å². The average Bonchev–Trinajstić information content (AvgIpc) is 3.30. The second kappa shape index (κ2) is 8.89. The molecule has 32 heavy (non-hydrogen) atoms. The summed E-state index contributed by atoms with van der Waals surface area (Å²) in [5.74, 6) is 1.02. The third kappa shape index (κ3) is 4.92. The van der Waals surface area contributed by atoms with Crippen LogP contribution < -0.4 is 15.4 Å². The van der Waals surface area contributed by atoms with E-state index in [2.05, 4.69) is 46.6 Å². The molecule has 8 nitrogen and oxygen atoms in total. The van der Waals surface area contributed by atoms with Gasteiger partial charge in [-0.2, -0.15) is 0 Å². The van der Waals surface area contributed by atoms with Crippen molar-refractivity contribution in [3.8, 4) is 17.3 Å². The van der Waals surface area contributed by atoms with Gasteiger partial charge in [0.05, 0.1) is 0 Å². The van der Waals surface area contributed by atoms with E-state index in [1.807, 2.05) is 36.4 Å². The number of amides is 2. The molecule has 0 atom stereocenters. The number of anilines is 2. The summed E-state index contributed by atoms with van der Waals surface area (Å²) in [6.45, 7) is 6.36. The Morgan fingerprint density at radius 3 is 2.34 bits per heavy atom. The molecule has 0 spiro atoms. The zero-order chi connectivity index (χ0) is 22.6. The van der Waals surface area contributed by atoms with Gasteiger partial charge >= 0.3 is 6.03 Å². The van der Waals surface area contributed by atoms with E-state index in [-0.39, 0.29) is 5.41 Å². The summed E-state index contributed by atoms with van der Waals surface area (Å²) < 4.78 is 7.88. The van der Waals surface area contributed by atoms with Gasteiger partial charge in [-0.1, -0.05) is 39.0 Å². The molecular weight excluding hydrogens is 404 g/mol. The lowest BCUT2D eigenvalue weighted by Crippen LogP contribution is -2.20. The smallest absolute Gasteiger partial charge is 0.323 e. The number of carbonyl (C=O) groups is 1. The second-order valence-electron chi connectivity index (χ2n) is 8.20. The number of hydrogen-bond acceptors (Lipinski definition) is 5. The fourth-order valence-electron chi connectivity index (χ4n) is 3.18. The minimum Gasteiger partial charge on any atom is -0.437 e. The Morgan fingerprint density at radius 2 is 1.62 bits per heavy atom. The number of rotatable bonds is 5. The maximum absolute atomic E-state index is 12.6. The maximum atomic E-state index is 12.6. The molecule has 2 aromatic heterocycles. The highest BCUT2D eigenvalue weighted by atomic mass is 16.5. The molecule has 0 bridgehead atoms. The van der Waals surface area contributed by atoms with Crippen molar-refractivity contribution in [2.24, 2.45) is 0 Å².